The molecule has 2 N–H and O–H groups in total. The molecule has 0 aliphatic carbocycles. The van der Waals surface area contributed by atoms with Crippen molar-refractivity contribution >= 4 is 5.52 Å². The zero-order valence-corrected chi connectivity index (χ0v) is 10.8. The Hall–Kier alpha value is -2.20. The standard InChI is InChI=1S/C15H16N4/c1-11(16)10-13-14-7-3-5-9-19(14)15(18-13)12-6-2-4-8-17-12/h2-9,11H,10,16H2,1H3. The summed E-state index contributed by atoms with van der Waals surface area (Å²) in [5.41, 5.74) is 8.90. The molecule has 0 aliphatic rings. The van der Waals surface area contributed by atoms with E-state index in [1.807, 2.05) is 43.5 Å². The fourth-order valence-corrected chi connectivity index (χ4v) is 2.23. The first-order valence-corrected chi connectivity index (χ1v) is 6.38. The Kier molecular flexibility index (Phi) is 3.01. The predicted octanol–water partition coefficient (Wildman–Crippen LogP) is 2.29. The molecule has 4 nitrogen and oxygen atoms in total. The lowest BCUT2D eigenvalue weighted by atomic mass is 10.2. The van der Waals surface area contributed by atoms with Crippen LogP contribution in [0, 0.1) is 0 Å². The van der Waals surface area contributed by atoms with Gasteiger partial charge in [-0.2, -0.15) is 0 Å². The maximum atomic E-state index is 5.90. The minimum Gasteiger partial charge on any atom is -0.328 e. The van der Waals surface area contributed by atoms with E-state index in [0.717, 1.165) is 29.1 Å². The Morgan fingerprint density at radius 1 is 1.21 bits per heavy atom. The van der Waals surface area contributed by atoms with Gasteiger partial charge in [0.25, 0.3) is 0 Å². The van der Waals surface area contributed by atoms with Crippen LogP contribution in [0.15, 0.2) is 48.8 Å². The summed E-state index contributed by atoms with van der Waals surface area (Å²) in [4.78, 5) is 9.10. The lowest BCUT2D eigenvalue weighted by molar-refractivity contribution is 0.729. The van der Waals surface area contributed by atoms with E-state index in [1.165, 1.54) is 0 Å². The van der Waals surface area contributed by atoms with Crippen molar-refractivity contribution in [2.75, 3.05) is 0 Å². The third kappa shape index (κ3) is 2.22. The highest BCUT2D eigenvalue weighted by atomic mass is 15.0. The van der Waals surface area contributed by atoms with E-state index in [1.54, 1.807) is 6.20 Å². The van der Waals surface area contributed by atoms with Crippen LogP contribution in [0.25, 0.3) is 17.0 Å². The highest BCUT2D eigenvalue weighted by molar-refractivity contribution is 5.63. The minimum absolute atomic E-state index is 0.0930. The van der Waals surface area contributed by atoms with Gasteiger partial charge in [-0.25, -0.2) is 4.98 Å². The summed E-state index contributed by atoms with van der Waals surface area (Å²) >= 11 is 0. The summed E-state index contributed by atoms with van der Waals surface area (Å²) in [5, 5.41) is 0. The Morgan fingerprint density at radius 2 is 2.05 bits per heavy atom. The van der Waals surface area contributed by atoms with E-state index >= 15 is 0 Å². The van der Waals surface area contributed by atoms with E-state index < -0.39 is 0 Å². The quantitative estimate of drug-likeness (QED) is 0.778. The van der Waals surface area contributed by atoms with Crippen LogP contribution in [0.5, 0.6) is 0 Å². The molecule has 0 radical (unpaired) electrons. The number of aromatic nitrogens is 3. The van der Waals surface area contributed by atoms with Crippen LogP contribution in [0.3, 0.4) is 0 Å². The van der Waals surface area contributed by atoms with Crippen molar-refractivity contribution in [3.05, 3.63) is 54.5 Å². The third-order valence-electron chi connectivity index (χ3n) is 3.03. The minimum atomic E-state index is 0.0930. The monoisotopic (exact) mass is 252 g/mol. The average Bonchev–Trinajstić information content (AvgIpc) is 2.78. The second-order valence-electron chi connectivity index (χ2n) is 4.73. The molecule has 0 saturated carbocycles. The van der Waals surface area contributed by atoms with Crippen LogP contribution in [0.4, 0.5) is 0 Å². The molecule has 0 amide bonds. The van der Waals surface area contributed by atoms with Gasteiger partial charge in [-0.1, -0.05) is 12.1 Å². The molecule has 0 aliphatic heterocycles. The first kappa shape index (κ1) is 11.9. The maximum absolute atomic E-state index is 5.90. The fraction of sp³-hybridized carbons (Fsp3) is 0.200. The molecule has 0 bridgehead atoms. The molecule has 4 heteroatoms. The normalized spacial score (nSPS) is 12.7. The van der Waals surface area contributed by atoms with Gasteiger partial charge in [0, 0.05) is 24.9 Å². The summed E-state index contributed by atoms with van der Waals surface area (Å²) in [6, 6.07) is 12.0. The fourth-order valence-electron chi connectivity index (χ4n) is 2.23. The van der Waals surface area contributed by atoms with Crippen molar-refractivity contribution in [2.45, 2.75) is 19.4 Å². The zero-order chi connectivity index (χ0) is 13.2. The van der Waals surface area contributed by atoms with E-state index in [0.29, 0.717) is 0 Å². The summed E-state index contributed by atoms with van der Waals surface area (Å²) in [6.45, 7) is 1.99. The average molecular weight is 252 g/mol. The summed E-state index contributed by atoms with van der Waals surface area (Å²) in [6.07, 6.45) is 4.56. The lowest BCUT2D eigenvalue weighted by Gasteiger charge is -2.01. The van der Waals surface area contributed by atoms with Gasteiger partial charge in [0.1, 0.15) is 5.69 Å². The van der Waals surface area contributed by atoms with Gasteiger partial charge in [-0.15, -0.1) is 0 Å². The van der Waals surface area contributed by atoms with Crippen LogP contribution in [0.1, 0.15) is 12.6 Å². The number of hydrogen-bond donors (Lipinski definition) is 1. The number of pyridine rings is 2. The van der Waals surface area contributed by atoms with Gasteiger partial charge in [-0.05, 0) is 31.2 Å². The third-order valence-corrected chi connectivity index (χ3v) is 3.03. The van der Waals surface area contributed by atoms with Gasteiger partial charge in [-0.3, -0.25) is 9.38 Å². The largest absolute Gasteiger partial charge is 0.328 e. The van der Waals surface area contributed by atoms with Crippen molar-refractivity contribution < 1.29 is 0 Å². The van der Waals surface area contributed by atoms with Gasteiger partial charge >= 0.3 is 0 Å². The van der Waals surface area contributed by atoms with Crippen molar-refractivity contribution in [3.8, 4) is 11.5 Å². The van der Waals surface area contributed by atoms with E-state index in [2.05, 4.69) is 15.5 Å². The molecule has 19 heavy (non-hydrogen) atoms. The smallest absolute Gasteiger partial charge is 0.163 e. The highest BCUT2D eigenvalue weighted by Gasteiger charge is 2.13. The molecule has 0 fully saturated rings. The van der Waals surface area contributed by atoms with Gasteiger partial charge < -0.3 is 5.73 Å². The second-order valence-corrected chi connectivity index (χ2v) is 4.73. The van der Waals surface area contributed by atoms with Gasteiger partial charge in [0.2, 0.25) is 0 Å². The number of imidazole rings is 1. The molecule has 3 heterocycles. The van der Waals surface area contributed by atoms with Crippen LogP contribution in [0.2, 0.25) is 0 Å². The number of fused-ring (bicyclic) bond motifs is 1. The number of nitrogens with zero attached hydrogens (tertiary/aromatic N) is 3. The van der Waals surface area contributed by atoms with E-state index in [4.69, 9.17) is 10.7 Å². The molecule has 0 saturated heterocycles. The highest BCUT2D eigenvalue weighted by Crippen LogP contribution is 2.21. The SMILES string of the molecule is CC(N)Cc1nc(-c2ccccn2)n2ccccc12. The number of hydrogen-bond acceptors (Lipinski definition) is 3. The van der Waals surface area contributed by atoms with Crippen molar-refractivity contribution in [2.24, 2.45) is 5.73 Å². The van der Waals surface area contributed by atoms with E-state index in [-0.39, 0.29) is 6.04 Å². The molecule has 3 aromatic heterocycles. The van der Waals surface area contributed by atoms with Crippen molar-refractivity contribution in [1.82, 2.24) is 14.4 Å². The van der Waals surface area contributed by atoms with Crippen LogP contribution in [-0.2, 0) is 6.42 Å². The molecule has 0 aromatic carbocycles. The predicted molar refractivity (Wildman–Crippen MR) is 75.8 cm³/mol. The first-order chi connectivity index (χ1) is 9.25. The Morgan fingerprint density at radius 3 is 2.79 bits per heavy atom. The zero-order valence-electron chi connectivity index (χ0n) is 10.8. The molecule has 96 valence electrons. The number of rotatable bonds is 3. The summed E-state index contributed by atoms with van der Waals surface area (Å²) < 4.78 is 2.07. The topological polar surface area (TPSA) is 56.2 Å². The molecule has 3 rings (SSSR count). The number of nitrogens with two attached hydrogens (primary N) is 1. The summed E-state index contributed by atoms with van der Waals surface area (Å²) in [5.74, 6) is 0.867. The first-order valence-electron chi connectivity index (χ1n) is 6.38. The maximum Gasteiger partial charge on any atom is 0.163 e. The molecular weight excluding hydrogens is 236 g/mol. The Bertz CT molecular complexity index is 686. The lowest BCUT2D eigenvalue weighted by Crippen LogP contribution is -2.18. The summed E-state index contributed by atoms with van der Waals surface area (Å²) in [7, 11) is 0. The molecular formula is C15H16N4. The Labute approximate surface area is 111 Å². The van der Waals surface area contributed by atoms with Crippen molar-refractivity contribution in [1.29, 1.82) is 0 Å². The second kappa shape index (κ2) is 4.82. The molecule has 1 unspecified atom stereocenters. The van der Waals surface area contributed by atoms with Gasteiger partial charge in [0.15, 0.2) is 5.82 Å². The molecule has 1 atom stereocenters. The molecule has 3 aromatic rings. The van der Waals surface area contributed by atoms with Crippen molar-refractivity contribution in [3.63, 3.8) is 0 Å². The van der Waals surface area contributed by atoms with Crippen LogP contribution >= 0.6 is 0 Å². The Balaban J connectivity index is 2.20. The van der Waals surface area contributed by atoms with Crippen LogP contribution < -0.4 is 5.73 Å². The van der Waals surface area contributed by atoms with E-state index in [9.17, 15) is 0 Å². The van der Waals surface area contributed by atoms with Gasteiger partial charge in [0.05, 0.1) is 11.2 Å². The van der Waals surface area contributed by atoms with Crippen LogP contribution in [-0.4, -0.2) is 20.4 Å². The molecule has 0 spiro atoms.